The molecule has 0 aliphatic carbocycles. The average molecular weight is 476 g/mol. The number of nitriles is 1. The Hall–Kier alpha value is -4.59. The van der Waals surface area contributed by atoms with Crippen molar-refractivity contribution in [3.63, 3.8) is 0 Å². The Morgan fingerprint density at radius 3 is 2.31 bits per heavy atom. The van der Waals surface area contributed by atoms with Gasteiger partial charge >= 0.3 is 5.97 Å². The number of carbonyl (C=O) groups excluding carboxylic acids is 4. The van der Waals surface area contributed by atoms with Gasteiger partial charge in [0.25, 0.3) is 11.8 Å². The van der Waals surface area contributed by atoms with E-state index in [9.17, 15) is 24.4 Å². The van der Waals surface area contributed by atoms with E-state index in [2.05, 4.69) is 15.5 Å². The third kappa shape index (κ3) is 5.16. The zero-order chi connectivity index (χ0) is 25.9. The van der Waals surface area contributed by atoms with Crippen molar-refractivity contribution in [2.75, 3.05) is 30.9 Å². The molecule has 0 atom stereocenters. The number of fused-ring (bicyclic) bond motifs is 1. The van der Waals surface area contributed by atoms with Crippen LogP contribution in [0.3, 0.4) is 0 Å². The first-order chi connectivity index (χ1) is 16.6. The number of imide groups is 1. The van der Waals surface area contributed by atoms with E-state index in [4.69, 9.17) is 4.74 Å². The average Bonchev–Trinajstić information content (AvgIpc) is 3.03. The number of nitrogens with one attached hydrogen (secondary N) is 1. The van der Waals surface area contributed by atoms with Crippen molar-refractivity contribution in [3.8, 4) is 6.07 Å². The number of hydrogen-bond acceptors (Lipinski definition) is 9. The van der Waals surface area contributed by atoms with Gasteiger partial charge in [-0.25, -0.2) is 0 Å². The number of benzene rings is 2. The van der Waals surface area contributed by atoms with Crippen LogP contribution >= 0.6 is 0 Å². The van der Waals surface area contributed by atoms with E-state index in [-0.39, 0.29) is 46.6 Å². The SMILES string of the molecule is COC(=O)CN(c1ccc(N=Nc2cc3c(cc2C#N)C(=O)N(C)C3=O)c(NC(C)=O)c1)C(C)C. The van der Waals surface area contributed by atoms with E-state index < -0.39 is 17.8 Å². The highest BCUT2D eigenvalue weighted by Gasteiger charge is 2.34. The minimum Gasteiger partial charge on any atom is -0.468 e. The van der Waals surface area contributed by atoms with E-state index in [1.165, 1.54) is 33.2 Å². The fourth-order valence-electron chi connectivity index (χ4n) is 3.53. The second-order valence-corrected chi connectivity index (χ2v) is 8.08. The van der Waals surface area contributed by atoms with Gasteiger partial charge in [0.15, 0.2) is 0 Å². The monoisotopic (exact) mass is 476 g/mol. The summed E-state index contributed by atoms with van der Waals surface area (Å²) in [6.07, 6.45) is 0. The molecule has 0 fully saturated rings. The molecule has 0 bridgehead atoms. The maximum atomic E-state index is 12.3. The zero-order valence-electron chi connectivity index (χ0n) is 19.9. The molecule has 180 valence electrons. The summed E-state index contributed by atoms with van der Waals surface area (Å²) < 4.78 is 4.77. The number of rotatable bonds is 7. The van der Waals surface area contributed by atoms with Crippen LogP contribution in [0.2, 0.25) is 0 Å². The Labute approximate surface area is 202 Å². The van der Waals surface area contributed by atoms with Crippen molar-refractivity contribution < 1.29 is 23.9 Å². The smallest absolute Gasteiger partial charge is 0.325 e. The summed E-state index contributed by atoms with van der Waals surface area (Å²) in [7, 11) is 2.67. The van der Waals surface area contributed by atoms with Crippen LogP contribution in [-0.4, -0.2) is 55.3 Å². The molecule has 1 aliphatic heterocycles. The lowest BCUT2D eigenvalue weighted by Crippen LogP contribution is -2.36. The van der Waals surface area contributed by atoms with Crippen molar-refractivity contribution in [3.05, 3.63) is 47.0 Å². The molecule has 0 spiro atoms. The number of carbonyl (C=O) groups is 4. The molecule has 11 nitrogen and oxygen atoms in total. The maximum absolute atomic E-state index is 12.3. The van der Waals surface area contributed by atoms with Crippen molar-refractivity contribution >= 4 is 46.4 Å². The Kier molecular flexibility index (Phi) is 7.25. The quantitative estimate of drug-likeness (QED) is 0.365. The van der Waals surface area contributed by atoms with Crippen LogP contribution in [0.1, 0.15) is 47.1 Å². The summed E-state index contributed by atoms with van der Waals surface area (Å²) in [6, 6.07) is 9.57. The van der Waals surface area contributed by atoms with Gasteiger partial charge in [-0.3, -0.25) is 24.1 Å². The van der Waals surface area contributed by atoms with Crippen LogP contribution in [0.5, 0.6) is 0 Å². The first-order valence-electron chi connectivity index (χ1n) is 10.6. The number of azo groups is 1. The van der Waals surface area contributed by atoms with Gasteiger partial charge in [0.1, 0.15) is 24.0 Å². The second-order valence-electron chi connectivity index (χ2n) is 8.08. The predicted octanol–water partition coefficient (Wildman–Crippen LogP) is 3.55. The summed E-state index contributed by atoms with van der Waals surface area (Å²) >= 11 is 0. The minimum atomic E-state index is -0.492. The van der Waals surface area contributed by atoms with E-state index in [1.54, 1.807) is 23.1 Å². The lowest BCUT2D eigenvalue weighted by atomic mass is 10.0. The highest BCUT2D eigenvalue weighted by atomic mass is 16.5. The lowest BCUT2D eigenvalue weighted by molar-refractivity contribution is -0.139. The largest absolute Gasteiger partial charge is 0.468 e. The van der Waals surface area contributed by atoms with Crippen molar-refractivity contribution in [2.24, 2.45) is 10.2 Å². The van der Waals surface area contributed by atoms with Crippen LogP contribution < -0.4 is 10.2 Å². The summed E-state index contributed by atoms with van der Waals surface area (Å²) in [6.45, 7) is 5.18. The Morgan fingerprint density at radius 1 is 1.11 bits per heavy atom. The number of nitrogens with zero attached hydrogens (tertiary/aromatic N) is 5. The Morgan fingerprint density at radius 2 is 1.74 bits per heavy atom. The summed E-state index contributed by atoms with van der Waals surface area (Å²) in [4.78, 5) is 51.0. The van der Waals surface area contributed by atoms with Crippen LogP contribution in [0.15, 0.2) is 40.6 Å². The molecular weight excluding hydrogens is 452 g/mol. The van der Waals surface area contributed by atoms with Crippen LogP contribution in [0.4, 0.5) is 22.7 Å². The first kappa shape index (κ1) is 25.0. The number of esters is 1. The van der Waals surface area contributed by atoms with Gasteiger partial charge < -0.3 is 15.0 Å². The normalized spacial score (nSPS) is 12.7. The highest BCUT2D eigenvalue weighted by molar-refractivity contribution is 6.21. The van der Waals surface area contributed by atoms with Gasteiger partial charge in [0, 0.05) is 25.7 Å². The third-order valence-corrected chi connectivity index (χ3v) is 5.36. The number of anilines is 2. The molecule has 2 aromatic rings. The molecule has 2 aromatic carbocycles. The first-order valence-corrected chi connectivity index (χ1v) is 10.6. The van der Waals surface area contributed by atoms with E-state index in [1.807, 2.05) is 19.9 Å². The zero-order valence-corrected chi connectivity index (χ0v) is 19.9. The fourth-order valence-corrected chi connectivity index (χ4v) is 3.53. The minimum absolute atomic E-state index is 0.0103. The molecule has 0 saturated carbocycles. The third-order valence-electron chi connectivity index (χ3n) is 5.36. The van der Waals surface area contributed by atoms with Gasteiger partial charge in [-0.1, -0.05) is 0 Å². The van der Waals surface area contributed by atoms with Gasteiger partial charge in [-0.2, -0.15) is 5.26 Å². The van der Waals surface area contributed by atoms with Gasteiger partial charge in [0.2, 0.25) is 5.91 Å². The highest BCUT2D eigenvalue weighted by Crippen LogP contribution is 2.34. The Bertz CT molecular complexity index is 1290. The van der Waals surface area contributed by atoms with Crippen LogP contribution in [0.25, 0.3) is 0 Å². The molecular formula is C24H24N6O5. The molecule has 0 saturated heterocycles. The predicted molar refractivity (Wildman–Crippen MR) is 127 cm³/mol. The lowest BCUT2D eigenvalue weighted by Gasteiger charge is -2.28. The molecule has 35 heavy (non-hydrogen) atoms. The number of ether oxygens (including phenoxy) is 1. The summed E-state index contributed by atoms with van der Waals surface area (Å²) in [5, 5.41) is 20.5. The van der Waals surface area contributed by atoms with Gasteiger partial charge in [0.05, 0.1) is 29.5 Å². The molecule has 3 rings (SSSR count). The Balaban J connectivity index is 2.03. The van der Waals surface area contributed by atoms with Gasteiger partial charge in [-0.05, 0) is 44.2 Å². The molecule has 3 amide bonds. The second kappa shape index (κ2) is 10.1. The van der Waals surface area contributed by atoms with Crippen molar-refractivity contribution in [1.29, 1.82) is 5.26 Å². The van der Waals surface area contributed by atoms with Crippen LogP contribution in [-0.2, 0) is 14.3 Å². The molecule has 1 aliphatic rings. The van der Waals surface area contributed by atoms with E-state index in [0.717, 1.165) is 4.90 Å². The molecule has 0 radical (unpaired) electrons. The van der Waals surface area contributed by atoms with Gasteiger partial charge in [-0.15, -0.1) is 10.2 Å². The standard InChI is InChI=1S/C24H24N6O5/c1-13(2)30(12-22(32)35-5)16-6-7-19(21(9-16)26-14(3)31)27-28-20-10-18-17(8-15(20)11-25)23(33)29(4)24(18)34/h6-10,13H,12H2,1-5H3,(H,26,31). The van der Waals surface area contributed by atoms with Crippen LogP contribution in [0, 0.1) is 11.3 Å². The number of methoxy groups -OCH3 is 1. The summed E-state index contributed by atoms with van der Waals surface area (Å²) in [5.41, 5.74) is 1.72. The topological polar surface area (TPSA) is 145 Å². The van der Waals surface area contributed by atoms with E-state index in [0.29, 0.717) is 11.4 Å². The molecule has 11 heteroatoms. The summed E-state index contributed by atoms with van der Waals surface area (Å²) in [5.74, 6) is -1.74. The number of hydrogen-bond donors (Lipinski definition) is 1. The maximum Gasteiger partial charge on any atom is 0.325 e. The molecule has 0 aromatic heterocycles. The van der Waals surface area contributed by atoms with Crippen molar-refractivity contribution in [2.45, 2.75) is 26.8 Å². The fraction of sp³-hybridized carbons (Fsp3) is 0.292. The molecule has 1 heterocycles. The molecule has 1 N–H and O–H groups in total. The van der Waals surface area contributed by atoms with Crippen molar-refractivity contribution in [1.82, 2.24) is 4.90 Å². The van der Waals surface area contributed by atoms with E-state index >= 15 is 0 Å². The molecule has 0 unspecified atom stereocenters. The number of amides is 3.